The first-order valence-electron chi connectivity index (χ1n) is 8.58. The molecule has 0 bridgehead atoms. The Labute approximate surface area is 140 Å². The molecule has 1 aromatic carbocycles. The van der Waals surface area contributed by atoms with Gasteiger partial charge in [-0.15, -0.1) is 0 Å². The largest absolute Gasteiger partial charge is 0.492 e. The molecule has 2 nitrogen and oxygen atoms in total. The quantitative estimate of drug-likeness (QED) is 0.668. The van der Waals surface area contributed by atoms with Crippen LogP contribution in [0.3, 0.4) is 0 Å². The van der Waals surface area contributed by atoms with Crippen molar-refractivity contribution < 1.29 is 4.74 Å². The number of allylic oxidation sites excluding steroid dienone is 5. The molecule has 23 heavy (non-hydrogen) atoms. The number of aryl methyl sites for hydroxylation is 1. The van der Waals surface area contributed by atoms with Crippen molar-refractivity contribution in [1.82, 2.24) is 0 Å². The van der Waals surface area contributed by atoms with Crippen molar-refractivity contribution in [1.29, 1.82) is 0 Å². The molecule has 0 unspecified atom stereocenters. The third kappa shape index (κ3) is 5.97. The number of nitrogen functional groups attached to an aromatic ring is 1. The fraction of sp³-hybridized carbons (Fsp3) is 0.429. The summed E-state index contributed by atoms with van der Waals surface area (Å²) in [6.45, 7) is 6.52. The number of nitrogens with two attached hydrogens (primary N) is 1. The molecule has 0 heterocycles. The first-order valence-corrected chi connectivity index (χ1v) is 8.58. The van der Waals surface area contributed by atoms with E-state index in [-0.39, 0.29) is 5.60 Å². The Morgan fingerprint density at radius 2 is 1.83 bits per heavy atom. The number of anilines is 1. The molecule has 0 atom stereocenters. The van der Waals surface area contributed by atoms with Crippen molar-refractivity contribution in [2.75, 3.05) is 5.73 Å². The Bertz CT molecular complexity index is 591. The van der Waals surface area contributed by atoms with E-state index in [1.54, 1.807) is 0 Å². The topological polar surface area (TPSA) is 35.2 Å². The third-order valence-electron chi connectivity index (χ3n) is 4.08. The lowest BCUT2D eigenvalue weighted by molar-refractivity contribution is 0.0246. The summed E-state index contributed by atoms with van der Waals surface area (Å²) in [6, 6.07) is 8.14. The van der Waals surface area contributed by atoms with E-state index >= 15 is 0 Å². The molecular weight excluding hydrogens is 282 g/mol. The van der Waals surface area contributed by atoms with Crippen LogP contribution >= 0.6 is 0 Å². The van der Waals surface area contributed by atoms with Crippen LogP contribution in [-0.2, 0) is 11.2 Å². The molecule has 0 radical (unpaired) electrons. The minimum Gasteiger partial charge on any atom is -0.492 e. The van der Waals surface area contributed by atoms with E-state index in [2.05, 4.69) is 57.2 Å². The zero-order valence-corrected chi connectivity index (χ0v) is 14.6. The second-order valence-electron chi connectivity index (χ2n) is 6.83. The Kier molecular flexibility index (Phi) is 6.09. The van der Waals surface area contributed by atoms with Gasteiger partial charge in [0.05, 0.1) is 0 Å². The SMILES string of the molecule is CCCC(C)(C)OC1=CC=C(CCc2ccc(N)cc2)C=CC1. The molecule has 0 fully saturated rings. The standard InChI is InChI=1S/C21H29NO/c1-4-16-21(2,3)23-20-7-5-6-17(12-15-20)8-9-18-10-13-19(22)14-11-18/h5-6,10-15H,4,7-9,16,22H2,1-3H3. The number of benzene rings is 1. The average molecular weight is 311 g/mol. The summed E-state index contributed by atoms with van der Waals surface area (Å²) in [5.74, 6) is 1.06. The predicted molar refractivity (Wildman–Crippen MR) is 99.2 cm³/mol. The van der Waals surface area contributed by atoms with Crippen molar-refractivity contribution in [2.45, 2.75) is 58.5 Å². The highest BCUT2D eigenvalue weighted by atomic mass is 16.5. The summed E-state index contributed by atoms with van der Waals surface area (Å²) in [4.78, 5) is 0. The highest BCUT2D eigenvalue weighted by Crippen LogP contribution is 2.24. The molecule has 0 saturated heterocycles. The molecule has 0 aliphatic heterocycles. The maximum Gasteiger partial charge on any atom is 0.103 e. The zero-order valence-electron chi connectivity index (χ0n) is 14.6. The van der Waals surface area contributed by atoms with Gasteiger partial charge in [0, 0.05) is 12.1 Å². The van der Waals surface area contributed by atoms with E-state index in [4.69, 9.17) is 10.5 Å². The van der Waals surface area contributed by atoms with Gasteiger partial charge in [-0.1, -0.05) is 43.7 Å². The maximum atomic E-state index is 6.17. The molecular formula is C21H29NO. The summed E-state index contributed by atoms with van der Waals surface area (Å²) >= 11 is 0. The molecule has 2 heteroatoms. The van der Waals surface area contributed by atoms with Gasteiger partial charge in [0.15, 0.2) is 0 Å². The highest BCUT2D eigenvalue weighted by Gasteiger charge is 2.19. The minimum atomic E-state index is -0.0866. The Morgan fingerprint density at radius 1 is 1.09 bits per heavy atom. The van der Waals surface area contributed by atoms with Crippen LogP contribution in [0.15, 0.2) is 59.9 Å². The Hall–Kier alpha value is -1.96. The van der Waals surface area contributed by atoms with E-state index in [9.17, 15) is 0 Å². The van der Waals surface area contributed by atoms with Crippen LogP contribution < -0.4 is 5.73 Å². The second kappa shape index (κ2) is 8.05. The van der Waals surface area contributed by atoms with Gasteiger partial charge in [0.2, 0.25) is 0 Å². The molecule has 0 spiro atoms. The van der Waals surface area contributed by atoms with Crippen LogP contribution in [0.1, 0.15) is 52.0 Å². The van der Waals surface area contributed by atoms with E-state index < -0.39 is 0 Å². The van der Waals surface area contributed by atoms with E-state index in [0.29, 0.717) is 0 Å². The maximum absolute atomic E-state index is 6.17. The molecule has 0 aromatic heterocycles. The third-order valence-corrected chi connectivity index (χ3v) is 4.08. The lowest BCUT2D eigenvalue weighted by Crippen LogP contribution is -2.23. The molecule has 0 saturated carbocycles. The van der Waals surface area contributed by atoms with Crippen molar-refractivity contribution in [3.05, 3.63) is 65.5 Å². The van der Waals surface area contributed by atoms with Crippen molar-refractivity contribution in [3.8, 4) is 0 Å². The van der Waals surface area contributed by atoms with E-state index in [1.165, 1.54) is 11.1 Å². The lowest BCUT2D eigenvalue weighted by atomic mass is 10.0. The number of hydrogen-bond donors (Lipinski definition) is 1. The number of hydrogen-bond acceptors (Lipinski definition) is 2. The van der Waals surface area contributed by atoms with Crippen LogP contribution in [-0.4, -0.2) is 5.60 Å². The Morgan fingerprint density at radius 3 is 2.52 bits per heavy atom. The molecule has 2 N–H and O–H groups in total. The normalized spacial score (nSPS) is 14.9. The van der Waals surface area contributed by atoms with Crippen LogP contribution in [0.25, 0.3) is 0 Å². The van der Waals surface area contributed by atoms with Crippen molar-refractivity contribution >= 4 is 5.69 Å². The summed E-state index contributed by atoms with van der Waals surface area (Å²) in [7, 11) is 0. The van der Waals surface area contributed by atoms with Crippen LogP contribution in [0.5, 0.6) is 0 Å². The smallest absolute Gasteiger partial charge is 0.103 e. The lowest BCUT2D eigenvalue weighted by Gasteiger charge is -2.27. The van der Waals surface area contributed by atoms with Gasteiger partial charge in [0.1, 0.15) is 11.4 Å². The van der Waals surface area contributed by atoms with Crippen LogP contribution in [0.2, 0.25) is 0 Å². The summed E-state index contributed by atoms with van der Waals surface area (Å²) < 4.78 is 6.17. The van der Waals surface area contributed by atoms with Gasteiger partial charge in [-0.05, 0) is 62.5 Å². The van der Waals surface area contributed by atoms with E-state index in [1.807, 2.05) is 12.1 Å². The summed E-state index contributed by atoms with van der Waals surface area (Å²) in [5.41, 5.74) is 9.13. The van der Waals surface area contributed by atoms with Crippen molar-refractivity contribution in [2.24, 2.45) is 0 Å². The average Bonchev–Trinajstić information content (AvgIpc) is 2.71. The van der Waals surface area contributed by atoms with E-state index in [0.717, 1.165) is 43.6 Å². The predicted octanol–water partition coefficient (Wildman–Crippen LogP) is 5.57. The van der Waals surface area contributed by atoms with Crippen LogP contribution in [0, 0.1) is 0 Å². The van der Waals surface area contributed by atoms with Gasteiger partial charge in [0.25, 0.3) is 0 Å². The summed E-state index contributed by atoms with van der Waals surface area (Å²) in [6.07, 6.45) is 13.9. The monoisotopic (exact) mass is 311 g/mol. The van der Waals surface area contributed by atoms with Gasteiger partial charge >= 0.3 is 0 Å². The van der Waals surface area contributed by atoms with Gasteiger partial charge < -0.3 is 10.5 Å². The highest BCUT2D eigenvalue weighted by molar-refractivity contribution is 5.39. The van der Waals surface area contributed by atoms with Gasteiger partial charge in [-0.3, -0.25) is 0 Å². The van der Waals surface area contributed by atoms with Crippen molar-refractivity contribution in [3.63, 3.8) is 0 Å². The first-order chi connectivity index (χ1) is 11.0. The molecule has 2 rings (SSSR count). The Balaban J connectivity index is 1.94. The first kappa shape index (κ1) is 17.4. The van der Waals surface area contributed by atoms with Crippen LogP contribution in [0.4, 0.5) is 5.69 Å². The van der Waals surface area contributed by atoms with Gasteiger partial charge in [-0.25, -0.2) is 0 Å². The summed E-state index contributed by atoms with van der Waals surface area (Å²) in [5, 5.41) is 0. The molecule has 1 aliphatic rings. The molecule has 1 aromatic rings. The zero-order chi connectivity index (χ0) is 16.7. The molecule has 0 amide bonds. The fourth-order valence-electron chi connectivity index (χ4n) is 2.87. The number of rotatable bonds is 7. The molecule has 124 valence electrons. The second-order valence-corrected chi connectivity index (χ2v) is 6.83. The molecule has 1 aliphatic carbocycles. The number of ether oxygens (including phenoxy) is 1. The fourth-order valence-corrected chi connectivity index (χ4v) is 2.87. The van der Waals surface area contributed by atoms with Gasteiger partial charge in [-0.2, -0.15) is 0 Å². The minimum absolute atomic E-state index is 0.0866.